The summed E-state index contributed by atoms with van der Waals surface area (Å²) in [7, 11) is 1.80. The molecular formula is C12H18N2O4. The quantitative estimate of drug-likeness (QED) is 0.552. The Balaban J connectivity index is 2.80. The molecule has 0 N–H and O–H groups in total. The summed E-state index contributed by atoms with van der Waals surface area (Å²) in [6, 6.07) is 0. The van der Waals surface area contributed by atoms with Crippen molar-refractivity contribution in [1.82, 2.24) is 9.55 Å². The topological polar surface area (TPSA) is 70.4 Å². The zero-order valence-corrected chi connectivity index (χ0v) is 10.9. The van der Waals surface area contributed by atoms with Crippen LogP contribution in [0.1, 0.15) is 19.7 Å². The summed E-state index contributed by atoms with van der Waals surface area (Å²) in [5.41, 5.74) is 0. The normalized spacial score (nSPS) is 10.4. The van der Waals surface area contributed by atoms with Gasteiger partial charge in [0.2, 0.25) is 0 Å². The summed E-state index contributed by atoms with van der Waals surface area (Å²) in [6.07, 6.45) is 3.55. The van der Waals surface area contributed by atoms with Crippen LogP contribution in [-0.2, 0) is 32.5 Å². The van der Waals surface area contributed by atoms with Crippen molar-refractivity contribution in [1.29, 1.82) is 0 Å². The van der Waals surface area contributed by atoms with Crippen molar-refractivity contribution in [2.45, 2.75) is 20.3 Å². The molecule has 0 amide bonds. The van der Waals surface area contributed by atoms with E-state index in [-0.39, 0.29) is 19.6 Å². The van der Waals surface area contributed by atoms with Crippen molar-refractivity contribution >= 4 is 11.9 Å². The minimum absolute atomic E-state index is 0.182. The average Bonchev–Trinajstić information content (AvgIpc) is 2.72. The fourth-order valence-corrected chi connectivity index (χ4v) is 1.52. The lowest BCUT2D eigenvalue weighted by atomic mass is 10.1. The molecule has 1 heterocycles. The Bertz CT molecular complexity index is 396. The summed E-state index contributed by atoms with van der Waals surface area (Å²) >= 11 is 0. The van der Waals surface area contributed by atoms with Gasteiger partial charge in [0, 0.05) is 25.9 Å². The molecule has 0 saturated heterocycles. The zero-order chi connectivity index (χ0) is 13.5. The van der Waals surface area contributed by atoms with Gasteiger partial charge >= 0.3 is 11.9 Å². The molecule has 1 rings (SSSR count). The number of nitrogens with zero attached hydrogens (tertiary/aromatic N) is 2. The van der Waals surface area contributed by atoms with Crippen LogP contribution in [0, 0.1) is 5.92 Å². The van der Waals surface area contributed by atoms with Gasteiger partial charge in [0.25, 0.3) is 0 Å². The minimum atomic E-state index is -0.953. The first-order valence-electron chi connectivity index (χ1n) is 5.89. The Labute approximate surface area is 106 Å². The molecule has 0 bridgehead atoms. The molecule has 6 heteroatoms. The fourth-order valence-electron chi connectivity index (χ4n) is 1.52. The van der Waals surface area contributed by atoms with Crippen LogP contribution >= 0.6 is 0 Å². The number of carbonyl (C=O) groups excluding carboxylic acids is 2. The summed E-state index contributed by atoms with van der Waals surface area (Å²) in [4.78, 5) is 27.6. The number of carbonyl (C=O) groups is 2. The molecule has 0 atom stereocenters. The third-order valence-corrected chi connectivity index (χ3v) is 2.45. The van der Waals surface area contributed by atoms with Crippen LogP contribution in [0.2, 0.25) is 0 Å². The number of hydrogen-bond acceptors (Lipinski definition) is 5. The molecule has 0 aromatic carbocycles. The van der Waals surface area contributed by atoms with Crippen LogP contribution in [0.5, 0.6) is 0 Å². The molecule has 0 aliphatic rings. The van der Waals surface area contributed by atoms with Crippen molar-refractivity contribution in [3.63, 3.8) is 0 Å². The molecule has 18 heavy (non-hydrogen) atoms. The fraction of sp³-hybridized carbons (Fsp3) is 0.583. The predicted octanol–water partition coefficient (Wildman–Crippen LogP) is 0.705. The lowest BCUT2D eigenvalue weighted by Crippen LogP contribution is -2.30. The van der Waals surface area contributed by atoms with Gasteiger partial charge in [-0.3, -0.25) is 9.59 Å². The van der Waals surface area contributed by atoms with Crippen LogP contribution < -0.4 is 0 Å². The molecule has 1 aromatic heterocycles. The minimum Gasteiger partial charge on any atom is -0.465 e. The van der Waals surface area contributed by atoms with E-state index >= 15 is 0 Å². The second kappa shape index (κ2) is 6.78. The van der Waals surface area contributed by atoms with E-state index in [1.165, 1.54) is 0 Å². The Hall–Kier alpha value is -1.85. The molecular weight excluding hydrogens is 236 g/mol. The summed E-state index contributed by atoms with van der Waals surface area (Å²) in [5, 5.41) is 0. The van der Waals surface area contributed by atoms with Gasteiger partial charge in [0.15, 0.2) is 5.92 Å². The van der Waals surface area contributed by atoms with Crippen LogP contribution in [0.15, 0.2) is 12.4 Å². The van der Waals surface area contributed by atoms with Crippen molar-refractivity contribution in [2.24, 2.45) is 13.0 Å². The largest absolute Gasteiger partial charge is 0.465 e. The molecule has 0 unspecified atom stereocenters. The maximum atomic E-state index is 11.7. The van der Waals surface area contributed by atoms with E-state index in [2.05, 4.69) is 4.98 Å². The van der Waals surface area contributed by atoms with Gasteiger partial charge in [-0.25, -0.2) is 4.98 Å². The first-order chi connectivity index (χ1) is 8.60. The van der Waals surface area contributed by atoms with Crippen LogP contribution in [0.25, 0.3) is 0 Å². The lowest BCUT2D eigenvalue weighted by molar-refractivity contribution is -0.161. The Morgan fingerprint density at radius 3 is 2.22 bits per heavy atom. The van der Waals surface area contributed by atoms with Crippen molar-refractivity contribution in [2.75, 3.05) is 13.2 Å². The highest BCUT2D eigenvalue weighted by molar-refractivity contribution is 5.95. The first-order valence-corrected chi connectivity index (χ1v) is 5.89. The Morgan fingerprint density at radius 1 is 1.28 bits per heavy atom. The van der Waals surface area contributed by atoms with E-state index in [0.717, 1.165) is 0 Å². The molecule has 0 fully saturated rings. The van der Waals surface area contributed by atoms with Gasteiger partial charge in [-0.15, -0.1) is 0 Å². The van der Waals surface area contributed by atoms with Gasteiger partial charge in [-0.05, 0) is 13.8 Å². The Kier molecular flexibility index (Phi) is 5.35. The molecule has 0 aliphatic carbocycles. The molecule has 0 spiro atoms. The second-order valence-electron chi connectivity index (χ2n) is 3.72. The van der Waals surface area contributed by atoms with Crippen LogP contribution in [0.3, 0.4) is 0 Å². The maximum absolute atomic E-state index is 11.7. The van der Waals surface area contributed by atoms with Gasteiger partial charge in [-0.2, -0.15) is 0 Å². The van der Waals surface area contributed by atoms with Gasteiger partial charge in [0.05, 0.1) is 13.2 Å². The Morgan fingerprint density at radius 2 is 1.83 bits per heavy atom. The number of hydrogen-bond donors (Lipinski definition) is 0. The van der Waals surface area contributed by atoms with Gasteiger partial charge in [-0.1, -0.05) is 0 Å². The smallest absolute Gasteiger partial charge is 0.320 e. The molecule has 0 saturated carbocycles. The standard InChI is InChI=1S/C12H18N2O4/c1-4-17-11(15)9(12(16)18-5-2)8-10-13-6-7-14(10)3/h6-7,9H,4-5,8H2,1-3H3. The lowest BCUT2D eigenvalue weighted by Gasteiger charge is -2.14. The number of esters is 2. The highest BCUT2D eigenvalue weighted by atomic mass is 16.6. The summed E-state index contributed by atoms with van der Waals surface area (Å²) in [5.74, 6) is -1.45. The molecule has 0 aliphatic heterocycles. The van der Waals surface area contributed by atoms with E-state index in [1.54, 1.807) is 37.9 Å². The predicted molar refractivity (Wildman–Crippen MR) is 63.7 cm³/mol. The van der Waals surface area contributed by atoms with E-state index < -0.39 is 17.9 Å². The van der Waals surface area contributed by atoms with Crippen molar-refractivity contribution < 1.29 is 19.1 Å². The molecule has 0 radical (unpaired) electrons. The number of aryl methyl sites for hydroxylation is 1. The molecule has 6 nitrogen and oxygen atoms in total. The van der Waals surface area contributed by atoms with E-state index in [4.69, 9.17) is 9.47 Å². The van der Waals surface area contributed by atoms with E-state index in [1.807, 2.05) is 0 Å². The van der Waals surface area contributed by atoms with Gasteiger partial charge in [0.1, 0.15) is 5.82 Å². The van der Waals surface area contributed by atoms with Crippen molar-refractivity contribution in [3.8, 4) is 0 Å². The highest BCUT2D eigenvalue weighted by Gasteiger charge is 2.30. The first kappa shape index (κ1) is 14.2. The number of rotatable bonds is 6. The summed E-state index contributed by atoms with van der Waals surface area (Å²) < 4.78 is 11.5. The number of imidazole rings is 1. The second-order valence-corrected chi connectivity index (χ2v) is 3.72. The van der Waals surface area contributed by atoms with Crippen molar-refractivity contribution in [3.05, 3.63) is 18.2 Å². The van der Waals surface area contributed by atoms with E-state index in [9.17, 15) is 9.59 Å². The third kappa shape index (κ3) is 3.58. The average molecular weight is 254 g/mol. The van der Waals surface area contributed by atoms with Crippen LogP contribution in [0.4, 0.5) is 0 Å². The maximum Gasteiger partial charge on any atom is 0.320 e. The zero-order valence-electron chi connectivity index (χ0n) is 10.9. The number of aromatic nitrogens is 2. The van der Waals surface area contributed by atoms with E-state index in [0.29, 0.717) is 5.82 Å². The molecule has 1 aromatic rings. The van der Waals surface area contributed by atoms with Crippen LogP contribution in [-0.4, -0.2) is 34.7 Å². The monoisotopic (exact) mass is 254 g/mol. The summed E-state index contributed by atoms with van der Waals surface area (Å²) in [6.45, 7) is 3.85. The SMILES string of the molecule is CCOC(=O)C(Cc1nccn1C)C(=O)OCC. The molecule has 100 valence electrons. The third-order valence-electron chi connectivity index (χ3n) is 2.45. The highest BCUT2D eigenvalue weighted by Crippen LogP contribution is 2.11. The number of ether oxygens (including phenoxy) is 2. The van der Waals surface area contributed by atoms with Gasteiger partial charge < -0.3 is 14.0 Å².